The van der Waals surface area contributed by atoms with Crippen LogP contribution >= 0.6 is 0 Å². The Bertz CT molecular complexity index is 654. The number of carbonyl (C=O) groups is 2. The Balaban J connectivity index is 1.54. The second kappa shape index (κ2) is 9.33. The van der Waals surface area contributed by atoms with Crippen LogP contribution in [0.25, 0.3) is 0 Å². The van der Waals surface area contributed by atoms with Crippen molar-refractivity contribution in [2.24, 2.45) is 11.8 Å². The maximum atomic E-state index is 12.3. The van der Waals surface area contributed by atoms with E-state index in [4.69, 9.17) is 4.74 Å². The molecule has 2 atom stereocenters. The number of rotatable bonds is 6. The molecule has 2 aliphatic heterocycles. The number of nitrogens with zero attached hydrogens (tertiary/aromatic N) is 2. The van der Waals surface area contributed by atoms with Crippen LogP contribution in [0.5, 0.6) is 0 Å². The molecule has 6 heteroatoms. The molecule has 0 spiro atoms. The number of hydrogen-bond donors (Lipinski definition) is 1. The van der Waals surface area contributed by atoms with E-state index in [1.165, 1.54) is 12.0 Å². The van der Waals surface area contributed by atoms with Gasteiger partial charge in [-0.05, 0) is 29.4 Å². The van der Waals surface area contributed by atoms with Gasteiger partial charge in [0.1, 0.15) is 6.61 Å². The fourth-order valence-corrected chi connectivity index (χ4v) is 4.19. The minimum absolute atomic E-state index is 0.0722. The summed E-state index contributed by atoms with van der Waals surface area (Å²) in [4.78, 5) is 28.1. The van der Waals surface area contributed by atoms with E-state index in [9.17, 15) is 9.59 Å². The lowest BCUT2D eigenvalue weighted by atomic mass is 9.91. The summed E-state index contributed by atoms with van der Waals surface area (Å²) >= 11 is 0. The molecule has 3 rings (SSSR count). The maximum Gasteiger partial charge on any atom is 0.249 e. The topological polar surface area (TPSA) is 61.9 Å². The molecule has 2 saturated heterocycles. The first-order chi connectivity index (χ1) is 13.0. The van der Waals surface area contributed by atoms with Crippen molar-refractivity contribution in [2.75, 3.05) is 39.4 Å². The molecule has 27 heavy (non-hydrogen) atoms. The number of amides is 2. The highest BCUT2D eigenvalue weighted by Crippen LogP contribution is 2.23. The molecule has 2 amide bonds. The van der Waals surface area contributed by atoms with Gasteiger partial charge in [0.2, 0.25) is 11.8 Å². The fraction of sp³-hybridized carbons (Fsp3) is 0.619. The van der Waals surface area contributed by atoms with E-state index in [0.717, 1.165) is 37.0 Å². The van der Waals surface area contributed by atoms with E-state index in [1.54, 1.807) is 4.90 Å². The van der Waals surface area contributed by atoms with E-state index in [0.29, 0.717) is 19.7 Å². The highest BCUT2D eigenvalue weighted by Gasteiger charge is 2.23. The second-order valence-corrected chi connectivity index (χ2v) is 8.05. The number of nitrogens with one attached hydrogen (secondary N) is 1. The molecule has 2 heterocycles. The lowest BCUT2D eigenvalue weighted by molar-refractivity contribution is -0.145. The molecule has 2 aliphatic rings. The Morgan fingerprint density at radius 3 is 2.59 bits per heavy atom. The number of piperidine rings is 1. The van der Waals surface area contributed by atoms with Gasteiger partial charge in [-0.25, -0.2) is 0 Å². The second-order valence-electron chi connectivity index (χ2n) is 8.05. The van der Waals surface area contributed by atoms with Gasteiger partial charge in [0.05, 0.1) is 13.2 Å². The minimum atomic E-state index is -0.125. The summed E-state index contributed by atoms with van der Waals surface area (Å²) in [7, 11) is 0. The van der Waals surface area contributed by atoms with Crippen molar-refractivity contribution in [3.05, 3.63) is 35.4 Å². The third-order valence-electron chi connectivity index (χ3n) is 5.35. The largest absolute Gasteiger partial charge is 0.370 e. The van der Waals surface area contributed by atoms with Crippen molar-refractivity contribution in [2.45, 2.75) is 33.4 Å². The summed E-state index contributed by atoms with van der Waals surface area (Å²) in [6.45, 7) is 9.46. The third kappa shape index (κ3) is 5.78. The van der Waals surface area contributed by atoms with Gasteiger partial charge in [0, 0.05) is 32.7 Å². The van der Waals surface area contributed by atoms with Crippen LogP contribution in [0.4, 0.5) is 0 Å². The molecule has 6 nitrogen and oxygen atoms in total. The average Bonchev–Trinajstić information content (AvgIpc) is 2.62. The first-order valence-corrected chi connectivity index (χ1v) is 9.92. The standard InChI is InChI=1S/C21H31N3O3/c1-16-9-17(2)12-23(11-16)13-19-6-4-3-5-18(19)10-22-20(25)14-24-7-8-27-15-21(24)26/h3-6,16-17H,7-15H2,1-2H3,(H,22,25). The molecular formula is C21H31N3O3. The summed E-state index contributed by atoms with van der Waals surface area (Å²) in [6, 6.07) is 8.30. The zero-order chi connectivity index (χ0) is 19.2. The minimum Gasteiger partial charge on any atom is -0.370 e. The number of morpholine rings is 1. The van der Waals surface area contributed by atoms with Gasteiger partial charge in [0.15, 0.2) is 0 Å². The van der Waals surface area contributed by atoms with Crippen LogP contribution in [-0.2, 0) is 27.4 Å². The van der Waals surface area contributed by atoms with Crippen molar-refractivity contribution >= 4 is 11.8 Å². The zero-order valence-corrected chi connectivity index (χ0v) is 16.4. The summed E-state index contributed by atoms with van der Waals surface area (Å²) in [5, 5.41) is 2.97. The molecule has 1 N–H and O–H groups in total. The van der Waals surface area contributed by atoms with Gasteiger partial charge in [-0.15, -0.1) is 0 Å². The molecule has 1 aromatic rings. The van der Waals surface area contributed by atoms with Gasteiger partial charge in [0.25, 0.3) is 0 Å². The van der Waals surface area contributed by atoms with Crippen molar-refractivity contribution in [1.82, 2.24) is 15.1 Å². The lowest BCUT2D eigenvalue weighted by Gasteiger charge is -2.35. The lowest BCUT2D eigenvalue weighted by Crippen LogP contribution is -2.46. The number of likely N-dealkylation sites (tertiary alicyclic amines) is 1. The predicted molar refractivity (Wildman–Crippen MR) is 104 cm³/mol. The van der Waals surface area contributed by atoms with Crippen LogP contribution in [0.1, 0.15) is 31.4 Å². The first-order valence-electron chi connectivity index (χ1n) is 9.92. The van der Waals surface area contributed by atoms with Crippen LogP contribution in [-0.4, -0.2) is 61.0 Å². The van der Waals surface area contributed by atoms with E-state index >= 15 is 0 Å². The summed E-state index contributed by atoms with van der Waals surface area (Å²) in [5.41, 5.74) is 2.41. The van der Waals surface area contributed by atoms with Gasteiger partial charge >= 0.3 is 0 Å². The molecule has 2 unspecified atom stereocenters. The molecule has 2 fully saturated rings. The number of ether oxygens (including phenoxy) is 1. The molecule has 0 aliphatic carbocycles. The Labute approximate surface area is 161 Å². The highest BCUT2D eigenvalue weighted by molar-refractivity contribution is 5.85. The molecule has 0 saturated carbocycles. The van der Waals surface area contributed by atoms with Crippen LogP contribution in [0, 0.1) is 11.8 Å². The van der Waals surface area contributed by atoms with Crippen LogP contribution < -0.4 is 5.32 Å². The Morgan fingerprint density at radius 1 is 1.19 bits per heavy atom. The van der Waals surface area contributed by atoms with Crippen LogP contribution in [0.2, 0.25) is 0 Å². The quantitative estimate of drug-likeness (QED) is 0.824. The highest BCUT2D eigenvalue weighted by atomic mass is 16.5. The van der Waals surface area contributed by atoms with Gasteiger partial charge in [-0.3, -0.25) is 14.5 Å². The molecule has 0 radical (unpaired) electrons. The first kappa shape index (κ1) is 19.8. The Morgan fingerprint density at radius 2 is 1.89 bits per heavy atom. The Kier molecular flexibility index (Phi) is 6.85. The fourth-order valence-electron chi connectivity index (χ4n) is 4.19. The number of carbonyl (C=O) groups excluding carboxylic acids is 2. The smallest absolute Gasteiger partial charge is 0.249 e. The average molecular weight is 373 g/mol. The normalized spacial score (nSPS) is 24.1. The molecule has 0 aromatic heterocycles. The summed E-state index contributed by atoms with van der Waals surface area (Å²) < 4.78 is 5.10. The molecule has 1 aromatic carbocycles. The predicted octanol–water partition coefficient (Wildman–Crippen LogP) is 1.64. The SMILES string of the molecule is CC1CC(C)CN(Cc2ccccc2CNC(=O)CN2CCOCC2=O)C1. The monoisotopic (exact) mass is 373 g/mol. The summed E-state index contributed by atoms with van der Waals surface area (Å²) in [5.74, 6) is 1.21. The zero-order valence-electron chi connectivity index (χ0n) is 16.4. The Hall–Kier alpha value is -1.92. The number of hydrogen-bond acceptors (Lipinski definition) is 4. The van der Waals surface area contributed by atoms with Crippen LogP contribution in [0.3, 0.4) is 0 Å². The van der Waals surface area contributed by atoms with E-state index in [1.807, 2.05) is 6.07 Å². The van der Waals surface area contributed by atoms with Gasteiger partial charge in [-0.1, -0.05) is 38.1 Å². The van der Waals surface area contributed by atoms with Crippen molar-refractivity contribution in [1.29, 1.82) is 0 Å². The number of benzene rings is 1. The summed E-state index contributed by atoms with van der Waals surface area (Å²) in [6.07, 6.45) is 1.30. The van der Waals surface area contributed by atoms with Gasteiger partial charge < -0.3 is 15.0 Å². The van der Waals surface area contributed by atoms with Crippen LogP contribution in [0.15, 0.2) is 24.3 Å². The van der Waals surface area contributed by atoms with E-state index in [2.05, 4.69) is 42.3 Å². The van der Waals surface area contributed by atoms with Crippen molar-refractivity contribution in [3.63, 3.8) is 0 Å². The van der Waals surface area contributed by atoms with E-state index in [-0.39, 0.29) is 25.0 Å². The van der Waals surface area contributed by atoms with Gasteiger partial charge in [-0.2, -0.15) is 0 Å². The van der Waals surface area contributed by atoms with Crippen molar-refractivity contribution < 1.29 is 14.3 Å². The third-order valence-corrected chi connectivity index (χ3v) is 5.35. The molecule has 0 bridgehead atoms. The van der Waals surface area contributed by atoms with Crippen molar-refractivity contribution in [3.8, 4) is 0 Å². The molecule has 148 valence electrons. The maximum absolute atomic E-state index is 12.3. The molecular weight excluding hydrogens is 342 g/mol. The van der Waals surface area contributed by atoms with E-state index < -0.39 is 0 Å².